The van der Waals surface area contributed by atoms with Crippen molar-refractivity contribution in [2.75, 3.05) is 34.2 Å². The zero-order valence-electron chi connectivity index (χ0n) is 10.0. The molecule has 1 aliphatic heterocycles. The van der Waals surface area contributed by atoms with Gasteiger partial charge in [-0.3, -0.25) is 0 Å². The van der Waals surface area contributed by atoms with E-state index in [9.17, 15) is 0 Å². The molecule has 0 radical (unpaired) electrons. The van der Waals surface area contributed by atoms with Crippen LogP contribution < -0.4 is 9.80 Å². The molecule has 2 heteroatoms. The minimum atomic E-state index is 0.681. The lowest BCUT2D eigenvalue weighted by Gasteiger charge is -2.31. The van der Waals surface area contributed by atoms with E-state index in [1.165, 1.54) is 24.4 Å². The lowest BCUT2D eigenvalue weighted by molar-refractivity contribution is -0.958. The van der Waals surface area contributed by atoms with Gasteiger partial charge in [0.2, 0.25) is 0 Å². The van der Waals surface area contributed by atoms with Crippen LogP contribution in [-0.4, -0.2) is 34.2 Å². The van der Waals surface area contributed by atoms with Crippen LogP contribution in [0, 0.1) is 0 Å². The van der Waals surface area contributed by atoms with Gasteiger partial charge in [0.1, 0.15) is 6.54 Å². The van der Waals surface area contributed by atoms with E-state index in [2.05, 4.69) is 45.4 Å². The minimum Gasteiger partial charge on any atom is -0.335 e. The zero-order chi connectivity index (χ0) is 10.8. The van der Waals surface area contributed by atoms with Gasteiger partial charge in [-0.05, 0) is 5.56 Å². The Morgan fingerprint density at radius 1 is 1.33 bits per heavy atom. The Balaban J connectivity index is 2.28. The molecule has 2 atom stereocenters. The van der Waals surface area contributed by atoms with Gasteiger partial charge in [0, 0.05) is 12.0 Å². The summed E-state index contributed by atoms with van der Waals surface area (Å²) in [4.78, 5) is 3.20. The number of hydrogen-bond acceptors (Lipinski definition) is 0. The van der Waals surface area contributed by atoms with Gasteiger partial charge in [0.15, 0.2) is 6.04 Å². The molecule has 1 aromatic rings. The lowest BCUT2D eigenvalue weighted by Crippen LogP contribution is -3.17. The van der Waals surface area contributed by atoms with Crippen LogP contribution in [0.25, 0.3) is 0 Å². The molecular weight excluding hydrogens is 184 g/mol. The first-order valence-electron chi connectivity index (χ1n) is 5.87. The van der Waals surface area contributed by atoms with Crippen LogP contribution in [0.2, 0.25) is 0 Å². The van der Waals surface area contributed by atoms with Crippen molar-refractivity contribution in [2.24, 2.45) is 0 Å². The van der Waals surface area contributed by atoms with Gasteiger partial charge >= 0.3 is 0 Å². The highest BCUT2D eigenvalue weighted by atomic mass is 15.2. The molecular formula is C13H22N2+2. The molecule has 1 unspecified atom stereocenters. The van der Waals surface area contributed by atoms with Crippen molar-refractivity contribution >= 4 is 0 Å². The SMILES string of the molecule is C[NH+](C)C[C@@H]1c2ccccc2CC[NH+]1C. The number of hydrogen-bond donors (Lipinski definition) is 2. The molecule has 1 aromatic carbocycles. The van der Waals surface area contributed by atoms with Crippen LogP contribution in [-0.2, 0) is 6.42 Å². The molecule has 0 amide bonds. The van der Waals surface area contributed by atoms with Gasteiger partial charge in [-0.1, -0.05) is 24.3 Å². The fourth-order valence-electron chi connectivity index (χ4n) is 2.57. The smallest absolute Gasteiger partial charge is 0.163 e. The highest BCUT2D eigenvalue weighted by Crippen LogP contribution is 2.17. The maximum Gasteiger partial charge on any atom is 0.163 e. The van der Waals surface area contributed by atoms with Crippen LogP contribution in [0.3, 0.4) is 0 Å². The van der Waals surface area contributed by atoms with Gasteiger partial charge in [-0.2, -0.15) is 0 Å². The highest BCUT2D eigenvalue weighted by Gasteiger charge is 2.29. The fourth-order valence-corrected chi connectivity index (χ4v) is 2.57. The van der Waals surface area contributed by atoms with Crippen molar-refractivity contribution in [1.29, 1.82) is 0 Å². The van der Waals surface area contributed by atoms with Crippen LogP contribution in [0.15, 0.2) is 24.3 Å². The van der Waals surface area contributed by atoms with E-state index in [1.807, 2.05) is 0 Å². The van der Waals surface area contributed by atoms with E-state index in [0.29, 0.717) is 6.04 Å². The van der Waals surface area contributed by atoms with Crippen molar-refractivity contribution in [1.82, 2.24) is 0 Å². The normalized spacial score (nSPS) is 25.3. The third kappa shape index (κ3) is 2.21. The summed E-state index contributed by atoms with van der Waals surface area (Å²) in [5, 5.41) is 0. The third-order valence-electron chi connectivity index (χ3n) is 3.43. The lowest BCUT2D eigenvalue weighted by atomic mass is 9.93. The Morgan fingerprint density at radius 2 is 2.07 bits per heavy atom. The van der Waals surface area contributed by atoms with Crippen LogP contribution in [0.5, 0.6) is 0 Å². The van der Waals surface area contributed by atoms with Crippen molar-refractivity contribution in [3.63, 3.8) is 0 Å². The second kappa shape index (κ2) is 4.33. The Hall–Kier alpha value is -0.860. The molecule has 0 aromatic heterocycles. The Morgan fingerprint density at radius 3 is 2.80 bits per heavy atom. The molecule has 0 bridgehead atoms. The molecule has 0 saturated heterocycles. The van der Waals surface area contributed by atoms with E-state index in [1.54, 1.807) is 16.0 Å². The molecule has 2 nitrogen and oxygen atoms in total. The summed E-state index contributed by atoms with van der Waals surface area (Å²) >= 11 is 0. The van der Waals surface area contributed by atoms with E-state index < -0.39 is 0 Å². The molecule has 2 N–H and O–H groups in total. The summed E-state index contributed by atoms with van der Waals surface area (Å²) in [6.45, 7) is 2.50. The quantitative estimate of drug-likeness (QED) is 0.611. The highest BCUT2D eigenvalue weighted by molar-refractivity contribution is 5.30. The summed E-state index contributed by atoms with van der Waals surface area (Å²) in [5.74, 6) is 0. The average Bonchev–Trinajstić information content (AvgIpc) is 2.22. The van der Waals surface area contributed by atoms with Crippen molar-refractivity contribution < 1.29 is 9.80 Å². The number of rotatable bonds is 2. The second-order valence-electron chi connectivity index (χ2n) is 5.01. The number of fused-ring (bicyclic) bond motifs is 1. The van der Waals surface area contributed by atoms with Crippen molar-refractivity contribution in [3.05, 3.63) is 35.4 Å². The largest absolute Gasteiger partial charge is 0.335 e. The van der Waals surface area contributed by atoms with Crippen molar-refractivity contribution in [3.8, 4) is 0 Å². The second-order valence-corrected chi connectivity index (χ2v) is 5.01. The average molecular weight is 206 g/mol. The summed E-state index contributed by atoms with van der Waals surface area (Å²) in [7, 11) is 6.80. The summed E-state index contributed by atoms with van der Waals surface area (Å²) in [6.07, 6.45) is 1.24. The standard InChI is InChI=1S/C13H20N2/c1-14(2)10-13-12-7-5-4-6-11(12)8-9-15(13)3/h4-7,13H,8-10H2,1-3H3/p+2/t13-/m1/s1. The van der Waals surface area contributed by atoms with E-state index in [0.717, 1.165) is 0 Å². The predicted octanol–water partition coefficient (Wildman–Crippen LogP) is -1.06. The molecule has 0 spiro atoms. The molecule has 0 fully saturated rings. The molecule has 1 aliphatic rings. The third-order valence-corrected chi connectivity index (χ3v) is 3.43. The Kier molecular flexibility index (Phi) is 3.08. The molecule has 1 heterocycles. The van der Waals surface area contributed by atoms with E-state index in [4.69, 9.17) is 0 Å². The topological polar surface area (TPSA) is 8.88 Å². The van der Waals surface area contributed by atoms with Gasteiger partial charge in [-0.15, -0.1) is 0 Å². The first-order valence-corrected chi connectivity index (χ1v) is 5.87. The monoisotopic (exact) mass is 206 g/mol. The maximum absolute atomic E-state index is 2.32. The van der Waals surface area contributed by atoms with E-state index in [-0.39, 0.29) is 0 Å². The van der Waals surface area contributed by atoms with Gasteiger partial charge in [0.25, 0.3) is 0 Å². The zero-order valence-corrected chi connectivity index (χ0v) is 10.0. The van der Waals surface area contributed by atoms with Gasteiger partial charge in [0.05, 0.1) is 27.7 Å². The predicted molar refractivity (Wildman–Crippen MR) is 62.3 cm³/mol. The Bertz CT molecular complexity index is 333. The summed E-state index contributed by atoms with van der Waals surface area (Å²) in [6, 6.07) is 9.62. The first-order chi connectivity index (χ1) is 7.18. The Labute approximate surface area is 92.5 Å². The van der Waals surface area contributed by atoms with Crippen LogP contribution in [0.1, 0.15) is 17.2 Å². The summed E-state index contributed by atoms with van der Waals surface area (Å²) < 4.78 is 0. The van der Waals surface area contributed by atoms with Gasteiger partial charge in [-0.25, -0.2) is 0 Å². The minimum absolute atomic E-state index is 0.681. The molecule has 0 aliphatic carbocycles. The number of nitrogens with one attached hydrogen (secondary N) is 2. The maximum atomic E-state index is 2.32. The summed E-state index contributed by atoms with van der Waals surface area (Å²) in [5.41, 5.74) is 3.14. The molecule has 15 heavy (non-hydrogen) atoms. The number of quaternary nitrogens is 2. The van der Waals surface area contributed by atoms with Gasteiger partial charge < -0.3 is 9.80 Å². The fraction of sp³-hybridized carbons (Fsp3) is 0.538. The van der Waals surface area contributed by atoms with Crippen molar-refractivity contribution in [2.45, 2.75) is 12.5 Å². The molecule has 2 rings (SSSR count). The first kappa shape index (κ1) is 10.7. The number of benzene rings is 1. The molecule has 0 saturated carbocycles. The molecule has 82 valence electrons. The number of likely N-dealkylation sites (N-methyl/N-ethyl adjacent to an activating group) is 2. The van der Waals surface area contributed by atoms with Crippen LogP contribution >= 0.6 is 0 Å². The van der Waals surface area contributed by atoms with E-state index >= 15 is 0 Å². The van der Waals surface area contributed by atoms with Crippen LogP contribution in [0.4, 0.5) is 0 Å².